The number of rotatable bonds is 3. The minimum atomic E-state index is -0.959. The lowest BCUT2D eigenvalue weighted by Gasteiger charge is -2.27. The summed E-state index contributed by atoms with van der Waals surface area (Å²) >= 11 is 6.07. The summed E-state index contributed by atoms with van der Waals surface area (Å²) in [4.78, 5) is 13.6. The first-order valence-corrected chi connectivity index (χ1v) is 6.29. The summed E-state index contributed by atoms with van der Waals surface area (Å²) in [6.07, 6.45) is 0.560. The number of benzene rings is 1. The maximum Gasteiger partial charge on any atom is 0.330 e. The van der Waals surface area contributed by atoms with Gasteiger partial charge in [0.25, 0.3) is 0 Å². The fourth-order valence-corrected chi connectivity index (χ4v) is 2.61. The molecule has 5 heteroatoms. The Morgan fingerprint density at radius 2 is 2.22 bits per heavy atom. The summed E-state index contributed by atoms with van der Waals surface area (Å²) in [6.45, 7) is 2.49. The van der Waals surface area contributed by atoms with Gasteiger partial charge in [-0.3, -0.25) is 0 Å². The number of halogens is 1. The SMILES string of the molecule is CC1CC(Nc2ccccc2Cl)(C(=O)O)CN1C. The Morgan fingerprint density at radius 3 is 2.72 bits per heavy atom. The molecule has 0 aromatic heterocycles. The number of nitrogens with one attached hydrogen (secondary N) is 1. The van der Waals surface area contributed by atoms with E-state index in [2.05, 4.69) is 5.32 Å². The standard InChI is InChI=1S/C13H17ClN2O2/c1-9-7-13(12(17)18,8-16(9)2)15-11-6-4-3-5-10(11)14/h3-6,9,15H,7-8H2,1-2H3,(H,17,18). The Kier molecular flexibility index (Phi) is 3.50. The second-order valence-electron chi connectivity index (χ2n) is 4.96. The predicted molar refractivity (Wildman–Crippen MR) is 72.2 cm³/mol. The Labute approximate surface area is 112 Å². The predicted octanol–water partition coefficient (Wildman–Crippen LogP) is 2.30. The van der Waals surface area contributed by atoms with E-state index in [4.69, 9.17) is 11.6 Å². The molecule has 1 aromatic rings. The van der Waals surface area contributed by atoms with Gasteiger partial charge in [0.05, 0.1) is 10.7 Å². The maximum absolute atomic E-state index is 11.6. The van der Waals surface area contributed by atoms with Crippen LogP contribution in [0.3, 0.4) is 0 Å². The van der Waals surface area contributed by atoms with E-state index in [9.17, 15) is 9.90 Å². The quantitative estimate of drug-likeness (QED) is 0.883. The normalized spacial score (nSPS) is 28.3. The average molecular weight is 269 g/mol. The van der Waals surface area contributed by atoms with Gasteiger partial charge in [0.1, 0.15) is 5.54 Å². The molecule has 1 aliphatic heterocycles. The molecule has 2 unspecified atom stereocenters. The maximum atomic E-state index is 11.6. The van der Waals surface area contributed by atoms with E-state index in [1.165, 1.54) is 0 Å². The summed E-state index contributed by atoms with van der Waals surface area (Å²) in [5.74, 6) is -0.835. The topological polar surface area (TPSA) is 52.6 Å². The monoisotopic (exact) mass is 268 g/mol. The molecule has 1 fully saturated rings. The van der Waals surface area contributed by atoms with Crippen molar-refractivity contribution in [1.82, 2.24) is 4.90 Å². The van der Waals surface area contributed by atoms with Gasteiger partial charge < -0.3 is 15.3 Å². The van der Waals surface area contributed by atoms with Crippen molar-refractivity contribution in [3.05, 3.63) is 29.3 Å². The van der Waals surface area contributed by atoms with Crippen molar-refractivity contribution in [2.24, 2.45) is 0 Å². The van der Waals surface area contributed by atoms with Crippen molar-refractivity contribution >= 4 is 23.3 Å². The molecule has 0 amide bonds. The summed E-state index contributed by atoms with van der Waals surface area (Å²) in [5, 5.41) is 13.2. The molecule has 1 aliphatic rings. The van der Waals surface area contributed by atoms with E-state index in [0.29, 0.717) is 23.7 Å². The number of carbonyl (C=O) groups is 1. The third-order valence-electron chi connectivity index (χ3n) is 3.57. The number of hydrogen-bond acceptors (Lipinski definition) is 3. The first-order chi connectivity index (χ1) is 8.44. The van der Waals surface area contributed by atoms with Crippen molar-refractivity contribution in [1.29, 1.82) is 0 Å². The van der Waals surface area contributed by atoms with Gasteiger partial charge in [0.2, 0.25) is 0 Å². The summed E-state index contributed by atoms with van der Waals surface area (Å²) in [5.41, 5.74) is -0.289. The van der Waals surface area contributed by atoms with Crippen molar-refractivity contribution < 1.29 is 9.90 Å². The lowest BCUT2D eigenvalue weighted by Crippen LogP contribution is -2.48. The summed E-state index contributed by atoms with van der Waals surface area (Å²) in [7, 11) is 1.93. The molecule has 0 radical (unpaired) electrons. The third-order valence-corrected chi connectivity index (χ3v) is 3.90. The number of carboxylic acids is 1. The van der Waals surface area contributed by atoms with E-state index >= 15 is 0 Å². The van der Waals surface area contributed by atoms with Gasteiger partial charge in [-0.25, -0.2) is 4.79 Å². The van der Waals surface area contributed by atoms with Gasteiger partial charge in [0, 0.05) is 12.6 Å². The molecule has 0 aliphatic carbocycles. The number of likely N-dealkylation sites (tertiary alicyclic amines) is 1. The smallest absolute Gasteiger partial charge is 0.330 e. The van der Waals surface area contributed by atoms with Gasteiger partial charge in [-0.2, -0.15) is 0 Å². The fourth-order valence-electron chi connectivity index (χ4n) is 2.43. The summed E-state index contributed by atoms with van der Waals surface area (Å²) < 4.78 is 0. The highest BCUT2D eigenvalue weighted by molar-refractivity contribution is 6.33. The molecule has 1 aromatic carbocycles. The number of anilines is 1. The number of likely N-dealkylation sites (N-methyl/N-ethyl adjacent to an activating group) is 1. The Morgan fingerprint density at radius 1 is 1.56 bits per heavy atom. The number of hydrogen-bond donors (Lipinski definition) is 2. The van der Waals surface area contributed by atoms with Crippen molar-refractivity contribution in [3.63, 3.8) is 0 Å². The van der Waals surface area contributed by atoms with Crippen LogP contribution in [0.15, 0.2) is 24.3 Å². The van der Waals surface area contributed by atoms with E-state index in [1.54, 1.807) is 12.1 Å². The van der Waals surface area contributed by atoms with E-state index in [0.717, 1.165) is 0 Å². The Hall–Kier alpha value is -1.26. The van der Waals surface area contributed by atoms with Crippen LogP contribution in [0.4, 0.5) is 5.69 Å². The van der Waals surface area contributed by atoms with Crippen LogP contribution in [0.2, 0.25) is 5.02 Å². The highest BCUT2D eigenvalue weighted by atomic mass is 35.5. The first kappa shape index (κ1) is 13.2. The van der Waals surface area contributed by atoms with Gasteiger partial charge in [0.15, 0.2) is 0 Å². The van der Waals surface area contributed by atoms with E-state index < -0.39 is 11.5 Å². The van der Waals surface area contributed by atoms with Crippen LogP contribution in [0.1, 0.15) is 13.3 Å². The van der Waals surface area contributed by atoms with Gasteiger partial charge in [-0.15, -0.1) is 0 Å². The highest BCUT2D eigenvalue weighted by Gasteiger charge is 2.47. The molecule has 1 saturated heterocycles. The Bertz CT molecular complexity index is 454. The number of carboxylic acid groups (broad SMARTS) is 1. The van der Waals surface area contributed by atoms with Crippen LogP contribution in [0.25, 0.3) is 0 Å². The number of para-hydroxylation sites is 1. The van der Waals surface area contributed by atoms with Crippen LogP contribution >= 0.6 is 11.6 Å². The van der Waals surface area contributed by atoms with Crippen LogP contribution in [-0.2, 0) is 4.79 Å². The second kappa shape index (κ2) is 4.78. The molecule has 1 heterocycles. The lowest BCUT2D eigenvalue weighted by molar-refractivity contribution is -0.141. The van der Waals surface area contributed by atoms with Crippen molar-refractivity contribution in [3.8, 4) is 0 Å². The van der Waals surface area contributed by atoms with Gasteiger partial charge >= 0.3 is 5.97 Å². The molecule has 0 spiro atoms. The zero-order chi connectivity index (χ0) is 13.3. The van der Waals surface area contributed by atoms with Crippen LogP contribution < -0.4 is 5.32 Å². The molecular weight excluding hydrogens is 252 g/mol. The van der Waals surface area contributed by atoms with Gasteiger partial charge in [-0.1, -0.05) is 23.7 Å². The lowest BCUT2D eigenvalue weighted by atomic mass is 9.96. The zero-order valence-corrected chi connectivity index (χ0v) is 11.2. The average Bonchev–Trinajstić information content (AvgIpc) is 2.59. The largest absolute Gasteiger partial charge is 0.479 e. The Balaban J connectivity index is 2.29. The zero-order valence-electron chi connectivity index (χ0n) is 10.5. The van der Waals surface area contributed by atoms with E-state index in [-0.39, 0.29) is 6.04 Å². The third kappa shape index (κ3) is 2.31. The van der Waals surface area contributed by atoms with Crippen molar-refractivity contribution in [2.45, 2.75) is 24.9 Å². The number of nitrogens with zero attached hydrogens (tertiary/aromatic N) is 1. The minimum absolute atomic E-state index is 0.232. The summed E-state index contributed by atoms with van der Waals surface area (Å²) in [6, 6.07) is 7.45. The molecule has 0 saturated carbocycles. The van der Waals surface area contributed by atoms with Crippen molar-refractivity contribution in [2.75, 3.05) is 18.9 Å². The minimum Gasteiger partial charge on any atom is -0.479 e. The molecule has 4 nitrogen and oxygen atoms in total. The fraction of sp³-hybridized carbons (Fsp3) is 0.462. The van der Waals surface area contributed by atoms with Crippen LogP contribution in [0, 0.1) is 0 Å². The number of aliphatic carboxylic acids is 1. The molecular formula is C13H17ClN2O2. The van der Waals surface area contributed by atoms with E-state index in [1.807, 2.05) is 31.0 Å². The molecule has 2 rings (SSSR count). The molecule has 0 bridgehead atoms. The molecule has 18 heavy (non-hydrogen) atoms. The van der Waals surface area contributed by atoms with Crippen LogP contribution in [-0.4, -0.2) is 41.1 Å². The molecule has 2 N–H and O–H groups in total. The first-order valence-electron chi connectivity index (χ1n) is 5.91. The highest BCUT2D eigenvalue weighted by Crippen LogP contribution is 2.32. The molecule has 2 atom stereocenters. The second-order valence-corrected chi connectivity index (χ2v) is 5.37. The van der Waals surface area contributed by atoms with Gasteiger partial charge in [-0.05, 0) is 32.5 Å². The molecule has 98 valence electrons. The van der Waals surface area contributed by atoms with Crippen LogP contribution in [0.5, 0.6) is 0 Å².